The van der Waals surface area contributed by atoms with Crippen LogP contribution in [0.4, 0.5) is 0 Å². The number of sulfone groups is 1. The second-order valence-electron chi connectivity index (χ2n) is 10.6. The first kappa shape index (κ1) is 24.8. The SMILES string of the molecule is COC(=O)COC(=O)Cc1ccc(S(=O)(=O)c2ccc(OC)c(C34CC5CC(CC(C5)C3)C4)c2)cc1. The van der Waals surface area contributed by atoms with Crippen LogP contribution < -0.4 is 4.74 Å². The molecule has 0 saturated heterocycles. The molecule has 0 N–H and O–H groups in total. The van der Waals surface area contributed by atoms with Crippen LogP contribution in [0.15, 0.2) is 52.3 Å². The molecule has 6 rings (SSSR count). The summed E-state index contributed by atoms with van der Waals surface area (Å²) in [7, 11) is -0.893. The number of hydrogen-bond acceptors (Lipinski definition) is 7. The van der Waals surface area contributed by atoms with Crippen LogP contribution in [-0.4, -0.2) is 41.2 Å². The van der Waals surface area contributed by atoms with E-state index in [2.05, 4.69) is 4.74 Å². The van der Waals surface area contributed by atoms with Gasteiger partial charge in [-0.1, -0.05) is 12.1 Å². The minimum atomic E-state index is -3.76. The van der Waals surface area contributed by atoms with E-state index in [4.69, 9.17) is 9.47 Å². The van der Waals surface area contributed by atoms with Gasteiger partial charge in [0.05, 0.1) is 30.4 Å². The molecule has 4 saturated carbocycles. The van der Waals surface area contributed by atoms with Gasteiger partial charge in [-0.15, -0.1) is 0 Å². The molecule has 2 aromatic rings. The predicted molar refractivity (Wildman–Crippen MR) is 131 cm³/mol. The largest absolute Gasteiger partial charge is 0.496 e. The smallest absolute Gasteiger partial charge is 0.344 e. The van der Waals surface area contributed by atoms with Gasteiger partial charge in [0.2, 0.25) is 9.84 Å². The molecule has 4 aliphatic rings. The third kappa shape index (κ3) is 4.63. The maximum Gasteiger partial charge on any atom is 0.344 e. The summed E-state index contributed by atoms with van der Waals surface area (Å²) in [6.45, 7) is -0.453. The first-order valence-corrected chi connectivity index (χ1v) is 14.0. The second kappa shape index (κ2) is 9.54. The van der Waals surface area contributed by atoms with E-state index in [1.54, 1.807) is 31.4 Å². The molecule has 0 aliphatic heterocycles. The lowest BCUT2D eigenvalue weighted by Crippen LogP contribution is -2.48. The number of benzene rings is 2. The van der Waals surface area contributed by atoms with Crippen LogP contribution in [0.1, 0.15) is 49.7 Å². The number of hydrogen-bond donors (Lipinski definition) is 0. The van der Waals surface area contributed by atoms with E-state index in [0.717, 1.165) is 48.3 Å². The molecular formula is C28H32O7S. The molecule has 0 heterocycles. The van der Waals surface area contributed by atoms with Crippen LogP contribution in [0.5, 0.6) is 5.75 Å². The first-order chi connectivity index (χ1) is 17.2. The zero-order valence-corrected chi connectivity index (χ0v) is 21.5. The summed E-state index contributed by atoms with van der Waals surface area (Å²) >= 11 is 0. The molecule has 0 amide bonds. The Bertz CT molecular complexity index is 1230. The predicted octanol–water partition coefficient (Wildman–Crippen LogP) is 4.25. The van der Waals surface area contributed by atoms with Gasteiger partial charge in [-0.25, -0.2) is 13.2 Å². The summed E-state index contributed by atoms with van der Waals surface area (Å²) < 4.78 is 42.2. The van der Waals surface area contributed by atoms with Crippen molar-refractivity contribution in [3.05, 3.63) is 53.6 Å². The molecule has 4 aliphatic carbocycles. The monoisotopic (exact) mass is 512 g/mol. The Balaban J connectivity index is 1.38. The van der Waals surface area contributed by atoms with Gasteiger partial charge in [-0.2, -0.15) is 0 Å². The minimum Gasteiger partial charge on any atom is -0.496 e. The molecule has 8 heteroatoms. The number of rotatable bonds is 8. The van der Waals surface area contributed by atoms with Crippen LogP contribution >= 0.6 is 0 Å². The molecule has 192 valence electrons. The maximum atomic E-state index is 13.6. The molecular weight excluding hydrogens is 480 g/mol. The van der Waals surface area contributed by atoms with Crippen molar-refractivity contribution in [3.63, 3.8) is 0 Å². The zero-order chi connectivity index (χ0) is 25.5. The summed E-state index contributed by atoms with van der Waals surface area (Å²) in [6, 6.07) is 11.5. The minimum absolute atomic E-state index is 0.0000408. The molecule has 36 heavy (non-hydrogen) atoms. The fourth-order valence-electron chi connectivity index (χ4n) is 7.05. The highest BCUT2D eigenvalue weighted by Crippen LogP contribution is 2.62. The summed E-state index contributed by atoms with van der Waals surface area (Å²) in [5.74, 6) is 1.73. The van der Waals surface area contributed by atoms with Gasteiger partial charge in [-0.05, 0) is 97.6 Å². The number of esters is 2. The summed E-state index contributed by atoms with van der Waals surface area (Å²) in [6.07, 6.45) is 7.18. The highest BCUT2D eigenvalue weighted by Gasteiger charge is 2.52. The Kier molecular flexibility index (Phi) is 6.57. The van der Waals surface area contributed by atoms with Gasteiger partial charge in [0.15, 0.2) is 6.61 Å². The first-order valence-electron chi connectivity index (χ1n) is 12.5. The second-order valence-corrected chi connectivity index (χ2v) is 12.6. The Morgan fingerprint density at radius 1 is 0.861 bits per heavy atom. The van der Waals surface area contributed by atoms with Crippen molar-refractivity contribution in [2.75, 3.05) is 20.8 Å². The van der Waals surface area contributed by atoms with Crippen molar-refractivity contribution in [2.24, 2.45) is 17.8 Å². The maximum absolute atomic E-state index is 13.6. The van der Waals surface area contributed by atoms with Gasteiger partial charge < -0.3 is 14.2 Å². The highest BCUT2D eigenvalue weighted by molar-refractivity contribution is 7.91. The summed E-state index contributed by atoms with van der Waals surface area (Å²) in [4.78, 5) is 23.5. The average Bonchev–Trinajstić information content (AvgIpc) is 2.86. The Hall–Kier alpha value is -2.87. The van der Waals surface area contributed by atoms with Gasteiger partial charge in [0, 0.05) is 5.56 Å². The molecule has 0 radical (unpaired) electrons. The van der Waals surface area contributed by atoms with E-state index < -0.39 is 28.4 Å². The molecule has 0 unspecified atom stereocenters. The van der Waals surface area contributed by atoms with Crippen molar-refractivity contribution in [2.45, 2.75) is 60.2 Å². The lowest BCUT2D eigenvalue weighted by atomic mass is 9.48. The van der Waals surface area contributed by atoms with E-state index in [9.17, 15) is 18.0 Å². The lowest BCUT2D eigenvalue weighted by molar-refractivity contribution is -0.156. The van der Waals surface area contributed by atoms with Crippen molar-refractivity contribution in [3.8, 4) is 5.75 Å². The Morgan fingerprint density at radius 3 is 2.00 bits per heavy atom. The molecule has 4 fully saturated rings. The third-order valence-electron chi connectivity index (χ3n) is 8.25. The van der Waals surface area contributed by atoms with E-state index in [0.29, 0.717) is 5.56 Å². The molecule has 2 aromatic carbocycles. The van der Waals surface area contributed by atoms with E-state index >= 15 is 0 Å². The molecule has 0 spiro atoms. The Morgan fingerprint density at radius 2 is 1.44 bits per heavy atom. The quantitative estimate of drug-likeness (QED) is 0.488. The van der Waals surface area contributed by atoms with Crippen molar-refractivity contribution >= 4 is 21.8 Å². The standard InChI is InChI=1S/C28H32O7S/c1-33-25-8-7-23(13-24(25)28-14-19-9-20(15-28)11-21(10-19)16-28)36(31,32)22-5-3-18(4-6-22)12-26(29)35-17-27(30)34-2/h3-8,13,19-21H,9-12,14-17H2,1-2H3. The van der Waals surface area contributed by atoms with Crippen molar-refractivity contribution < 1.29 is 32.2 Å². The van der Waals surface area contributed by atoms with Gasteiger partial charge in [0.25, 0.3) is 0 Å². The number of ether oxygens (including phenoxy) is 3. The lowest BCUT2D eigenvalue weighted by Gasteiger charge is -2.57. The third-order valence-corrected chi connectivity index (χ3v) is 10.0. The number of carbonyl (C=O) groups excluding carboxylic acids is 2. The van der Waals surface area contributed by atoms with Gasteiger partial charge >= 0.3 is 11.9 Å². The normalized spacial score (nSPS) is 26.4. The topological polar surface area (TPSA) is 96.0 Å². The molecule has 0 atom stereocenters. The van der Waals surface area contributed by atoms with Crippen LogP contribution in [-0.2, 0) is 40.7 Å². The van der Waals surface area contributed by atoms with Crippen LogP contribution in [0.3, 0.4) is 0 Å². The fourth-order valence-corrected chi connectivity index (χ4v) is 8.33. The number of methoxy groups -OCH3 is 2. The average molecular weight is 513 g/mol. The number of carbonyl (C=O) groups is 2. The fraction of sp³-hybridized carbons (Fsp3) is 0.500. The van der Waals surface area contributed by atoms with Crippen LogP contribution in [0.2, 0.25) is 0 Å². The zero-order valence-electron chi connectivity index (χ0n) is 20.7. The van der Waals surface area contributed by atoms with E-state index in [-0.39, 0.29) is 21.6 Å². The highest BCUT2D eigenvalue weighted by atomic mass is 32.2. The van der Waals surface area contributed by atoms with Gasteiger partial charge in [0.1, 0.15) is 5.75 Å². The van der Waals surface area contributed by atoms with E-state index in [1.807, 2.05) is 6.07 Å². The Labute approximate surface area is 212 Å². The summed E-state index contributed by atoms with van der Waals surface area (Å²) in [5, 5.41) is 0. The van der Waals surface area contributed by atoms with Crippen molar-refractivity contribution in [1.29, 1.82) is 0 Å². The molecule has 4 bridgehead atoms. The summed E-state index contributed by atoms with van der Waals surface area (Å²) in [5.41, 5.74) is 1.63. The van der Waals surface area contributed by atoms with E-state index in [1.165, 1.54) is 38.5 Å². The molecule has 7 nitrogen and oxygen atoms in total. The van der Waals surface area contributed by atoms with Gasteiger partial charge in [-0.3, -0.25) is 4.79 Å². The van der Waals surface area contributed by atoms with Crippen LogP contribution in [0, 0.1) is 17.8 Å². The molecule has 0 aromatic heterocycles. The van der Waals surface area contributed by atoms with Crippen LogP contribution in [0.25, 0.3) is 0 Å². The van der Waals surface area contributed by atoms with Crippen molar-refractivity contribution in [1.82, 2.24) is 0 Å².